The maximum absolute atomic E-state index is 12.5. The number of rotatable bonds is 3. The van der Waals surface area contributed by atoms with Crippen LogP contribution < -0.4 is 5.32 Å². The maximum atomic E-state index is 12.5. The molecule has 0 aliphatic rings. The molecule has 0 aliphatic heterocycles. The zero-order valence-electron chi connectivity index (χ0n) is 13.4. The van der Waals surface area contributed by atoms with Crippen LogP contribution in [0, 0.1) is 10.5 Å². The van der Waals surface area contributed by atoms with E-state index < -0.39 is 0 Å². The molecule has 8 heteroatoms. The molecule has 0 saturated carbocycles. The van der Waals surface area contributed by atoms with Crippen molar-refractivity contribution in [3.8, 4) is 11.3 Å². The molecule has 5 nitrogen and oxygen atoms in total. The van der Waals surface area contributed by atoms with E-state index in [4.69, 9.17) is 0 Å². The third-order valence-electron chi connectivity index (χ3n) is 3.78. The van der Waals surface area contributed by atoms with Gasteiger partial charge < -0.3 is 0 Å². The van der Waals surface area contributed by atoms with Gasteiger partial charge in [-0.2, -0.15) is 5.10 Å². The van der Waals surface area contributed by atoms with Crippen LogP contribution in [0.5, 0.6) is 0 Å². The SMILES string of the molecule is Cc1nn(C)c2sc(C(=O)Nc3nc(-c4ccc(I)cc4)cs3)cc12. The number of carbonyl (C=O) groups excluding carboxylic acids is 1. The molecule has 0 bridgehead atoms. The molecule has 0 spiro atoms. The van der Waals surface area contributed by atoms with Gasteiger partial charge in [0.25, 0.3) is 5.91 Å². The van der Waals surface area contributed by atoms with Gasteiger partial charge in [0.2, 0.25) is 0 Å². The fourth-order valence-corrected chi connectivity index (χ4v) is 4.65. The normalized spacial score (nSPS) is 11.2. The van der Waals surface area contributed by atoms with E-state index in [-0.39, 0.29) is 5.91 Å². The van der Waals surface area contributed by atoms with Crippen LogP contribution in [-0.2, 0) is 7.05 Å². The average molecular weight is 480 g/mol. The Labute approximate surface area is 165 Å². The Kier molecular flexibility index (Phi) is 4.34. The van der Waals surface area contributed by atoms with Crippen LogP contribution in [0.3, 0.4) is 0 Å². The second-order valence-corrected chi connectivity index (χ2v) is 8.67. The van der Waals surface area contributed by atoms with Crippen molar-refractivity contribution in [2.45, 2.75) is 6.92 Å². The molecule has 0 unspecified atom stereocenters. The number of fused-ring (bicyclic) bond motifs is 1. The number of aromatic nitrogens is 3. The summed E-state index contributed by atoms with van der Waals surface area (Å²) in [4.78, 5) is 18.7. The van der Waals surface area contributed by atoms with E-state index in [2.05, 4.69) is 38.0 Å². The summed E-state index contributed by atoms with van der Waals surface area (Å²) in [6.45, 7) is 1.95. The molecule has 4 aromatic rings. The molecule has 0 fully saturated rings. The van der Waals surface area contributed by atoms with E-state index in [0.29, 0.717) is 10.0 Å². The summed E-state index contributed by atoms with van der Waals surface area (Å²) >= 11 is 5.14. The maximum Gasteiger partial charge on any atom is 0.267 e. The van der Waals surface area contributed by atoms with Crippen LogP contribution in [0.4, 0.5) is 5.13 Å². The van der Waals surface area contributed by atoms with Crippen LogP contribution >= 0.6 is 45.3 Å². The Morgan fingerprint density at radius 3 is 2.76 bits per heavy atom. The third-order valence-corrected chi connectivity index (χ3v) is 6.46. The lowest BCUT2D eigenvalue weighted by Gasteiger charge is -1.99. The summed E-state index contributed by atoms with van der Waals surface area (Å²) in [5, 5.41) is 10.8. The molecule has 0 aliphatic carbocycles. The number of halogens is 1. The minimum Gasteiger partial charge on any atom is -0.297 e. The van der Waals surface area contributed by atoms with Crippen molar-refractivity contribution in [1.82, 2.24) is 14.8 Å². The largest absolute Gasteiger partial charge is 0.297 e. The van der Waals surface area contributed by atoms with Gasteiger partial charge in [-0.1, -0.05) is 12.1 Å². The Balaban J connectivity index is 1.56. The van der Waals surface area contributed by atoms with Gasteiger partial charge in [0, 0.05) is 26.9 Å². The van der Waals surface area contributed by atoms with Crippen molar-refractivity contribution in [2.24, 2.45) is 7.05 Å². The molecule has 0 saturated heterocycles. The number of aryl methyl sites for hydroxylation is 2. The fourth-order valence-electron chi connectivity index (χ4n) is 2.56. The van der Waals surface area contributed by atoms with Gasteiger partial charge >= 0.3 is 0 Å². The number of nitrogens with one attached hydrogen (secondary N) is 1. The number of hydrogen-bond donors (Lipinski definition) is 1. The topological polar surface area (TPSA) is 59.8 Å². The highest BCUT2D eigenvalue weighted by Gasteiger charge is 2.16. The number of carbonyl (C=O) groups is 1. The lowest BCUT2D eigenvalue weighted by Crippen LogP contribution is -2.09. The summed E-state index contributed by atoms with van der Waals surface area (Å²) in [5.74, 6) is -0.135. The summed E-state index contributed by atoms with van der Waals surface area (Å²) in [7, 11) is 1.89. The molecule has 3 aromatic heterocycles. The number of anilines is 1. The molecule has 4 rings (SSSR count). The molecular formula is C17H13IN4OS2. The Morgan fingerprint density at radius 1 is 1.28 bits per heavy atom. The summed E-state index contributed by atoms with van der Waals surface area (Å²) < 4.78 is 2.99. The number of nitrogens with zero attached hydrogens (tertiary/aromatic N) is 3. The van der Waals surface area contributed by atoms with Crippen molar-refractivity contribution < 1.29 is 4.79 Å². The molecule has 1 aromatic carbocycles. The first kappa shape index (κ1) is 16.7. The number of amides is 1. The van der Waals surface area contributed by atoms with E-state index in [0.717, 1.165) is 27.2 Å². The predicted molar refractivity (Wildman–Crippen MR) is 112 cm³/mol. The van der Waals surface area contributed by atoms with Gasteiger partial charge in [-0.25, -0.2) is 4.98 Å². The number of benzene rings is 1. The van der Waals surface area contributed by atoms with Gasteiger partial charge in [0.05, 0.1) is 16.3 Å². The van der Waals surface area contributed by atoms with Gasteiger partial charge in [0.15, 0.2) is 5.13 Å². The molecular weight excluding hydrogens is 467 g/mol. The second-order valence-electron chi connectivity index (χ2n) is 5.54. The average Bonchev–Trinajstić information content (AvgIpc) is 3.27. The zero-order chi connectivity index (χ0) is 17.6. The molecule has 126 valence electrons. The lowest BCUT2D eigenvalue weighted by atomic mass is 10.2. The number of thiophene rings is 1. The first-order chi connectivity index (χ1) is 12.0. The van der Waals surface area contributed by atoms with E-state index in [9.17, 15) is 4.79 Å². The Morgan fingerprint density at radius 2 is 2.04 bits per heavy atom. The van der Waals surface area contributed by atoms with Crippen LogP contribution in [0.1, 0.15) is 15.4 Å². The van der Waals surface area contributed by atoms with E-state index in [1.165, 1.54) is 26.2 Å². The number of thiazole rings is 1. The second kappa shape index (κ2) is 6.50. The van der Waals surface area contributed by atoms with Crippen molar-refractivity contribution in [3.05, 3.63) is 49.9 Å². The zero-order valence-corrected chi connectivity index (χ0v) is 17.2. The quantitative estimate of drug-likeness (QED) is 0.424. The summed E-state index contributed by atoms with van der Waals surface area (Å²) in [6.07, 6.45) is 0. The van der Waals surface area contributed by atoms with Crippen LogP contribution in [-0.4, -0.2) is 20.7 Å². The van der Waals surface area contributed by atoms with Crippen LogP contribution in [0.15, 0.2) is 35.7 Å². The number of hydrogen-bond acceptors (Lipinski definition) is 5. The van der Waals surface area contributed by atoms with E-state index in [1.807, 2.05) is 54.4 Å². The molecule has 1 N–H and O–H groups in total. The summed E-state index contributed by atoms with van der Waals surface area (Å²) in [6, 6.07) is 10.0. The minimum atomic E-state index is -0.135. The molecule has 0 radical (unpaired) electrons. The van der Waals surface area contributed by atoms with E-state index in [1.54, 1.807) is 0 Å². The fraction of sp³-hybridized carbons (Fsp3) is 0.118. The van der Waals surface area contributed by atoms with Gasteiger partial charge in [-0.3, -0.25) is 14.8 Å². The Bertz CT molecular complexity index is 1040. The highest BCUT2D eigenvalue weighted by atomic mass is 127. The monoisotopic (exact) mass is 480 g/mol. The molecule has 3 heterocycles. The van der Waals surface area contributed by atoms with Crippen molar-refractivity contribution in [2.75, 3.05) is 5.32 Å². The van der Waals surface area contributed by atoms with Crippen LogP contribution in [0.25, 0.3) is 21.5 Å². The Hall–Kier alpha value is -1.78. The first-order valence-corrected chi connectivity index (χ1v) is 10.2. The van der Waals surface area contributed by atoms with E-state index >= 15 is 0 Å². The summed E-state index contributed by atoms with van der Waals surface area (Å²) in [5.41, 5.74) is 2.84. The molecule has 1 amide bonds. The predicted octanol–water partition coefficient (Wildman–Crippen LogP) is 4.92. The molecule has 0 atom stereocenters. The first-order valence-electron chi connectivity index (χ1n) is 7.47. The molecule has 25 heavy (non-hydrogen) atoms. The minimum absolute atomic E-state index is 0.135. The van der Waals surface area contributed by atoms with Crippen molar-refractivity contribution in [1.29, 1.82) is 0 Å². The third kappa shape index (κ3) is 3.21. The van der Waals surface area contributed by atoms with Crippen molar-refractivity contribution in [3.63, 3.8) is 0 Å². The standard InChI is InChI=1S/C17H13IN4OS2/c1-9-12-7-14(25-16(12)22(2)21-9)15(23)20-17-19-13(8-24-17)10-3-5-11(18)6-4-10/h3-8H,1-2H3,(H,19,20,23). The van der Waals surface area contributed by atoms with Crippen molar-refractivity contribution >= 4 is 66.5 Å². The van der Waals surface area contributed by atoms with Gasteiger partial charge in [-0.05, 0) is 47.7 Å². The lowest BCUT2D eigenvalue weighted by molar-refractivity contribution is 0.103. The van der Waals surface area contributed by atoms with Gasteiger partial charge in [0.1, 0.15) is 4.83 Å². The smallest absolute Gasteiger partial charge is 0.267 e. The van der Waals surface area contributed by atoms with Crippen LogP contribution in [0.2, 0.25) is 0 Å². The highest BCUT2D eigenvalue weighted by molar-refractivity contribution is 14.1. The highest BCUT2D eigenvalue weighted by Crippen LogP contribution is 2.29. The van der Waals surface area contributed by atoms with Gasteiger partial charge in [-0.15, -0.1) is 22.7 Å².